The van der Waals surface area contributed by atoms with E-state index in [1.54, 1.807) is 0 Å². The standard InChI is InChI=1S/C25H31N3O2/c1-18-12-13-19(2)23(16-18)30-15-14-28-22-11-7-6-10-21(22)27-24(28)17-26-25(29)20-8-4-3-5-9-20/h6-7,10-13,16,20H,3-5,8-9,14-15,17H2,1-2H3,(H,26,29). The second-order valence-corrected chi connectivity index (χ2v) is 8.34. The predicted octanol–water partition coefficient (Wildman–Crippen LogP) is 4.93. The van der Waals surface area contributed by atoms with Gasteiger partial charge in [0.25, 0.3) is 0 Å². The number of carbonyl (C=O) groups excluding carboxylic acids is 1. The van der Waals surface area contributed by atoms with E-state index in [1.165, 1.54) is 12.0 Å². The fraction of sp³-hybridized carbons (Fsp3) is 0.440. The summed E-state index contributed by atoms with van der Waals surface area (Å²) in [4.78, 5) is 17.4. The van der Waals surface area contributed by atoms with Gasteiger partial charge < -0.3 is 14.6 Å². The van der Waals surface area contributed by atoms with Crippen molar-refractivity contribution in [2.45, 2.75) is 59.0 Å². The summed E-state index contributed by atoms with van der Waals surface area (Å²) in [5.74, 6) is 2.13. The van der Waals surface area contributed by atoms with Gasteiger partial charge in [-0.2, -0.15) is 0 Å². The maximum absolute atomic E-state index is 12.6. The molecule has 1 heterocycles. The van der Waals surface area contributed by atoms with Crippen LogP contribution in [0, 0.1) is 19.8 Å². The molecule has 1 aliphatic carbocycles. The lowest BCUT2D eigenvalue weighted by Crippen LogP contribution is -2.32. The second-order valence-electron chi connectivity index (χ2n) is 8.34. The van der Waals surface area contributed by atoms with E-state index in [1.807, 2.05) is 18.2 Å². The number of rotatable bonds is 7. The van der Waals surface area contributed by atoms with Crippen LogP contribution in [0.15, 0.2) is 42.5 Å². The summed E-state index contributed by atoms with van der Waals surface area (Å²) < 4.78 is 8.25. The van der Waals surface area contributed by atoms with Crippen LogP contribution in [0.4, 0.5) is 0 Å². The first-order valence-electron chi connectivity index (χ1n) is 11.0. The van der Waals surface area contributed by atoms with Crippen LogP contribution in [0.5, 0.6) is 5.75 Å². The highest BCUT2D eigenvalue weighted by Gasteiger charge is 2.21. The molecule has 4 rings (SSSR count). The molecule has 1 aromatic heterocycles. The van der Waals surface area contributed by atoms with Gasteiger partial charge in [-0.3, -0.25) is 4.79 Å². The summed E-state index contributed by atoms with van der Waals surface area (Å²) in [5, 5.41) is 3.13. The maximum atomic E-state index is 12.6. The van der Waals surface area contributed by atoms with Crippen molar-refractivity contribution in [2.75, 3.05) is 6.61 Å². The number of ether oxygens (including phenoxy) is 1. The van der Waals surface area contributed by atoms with Crippen molar-refractivity contribution in [1.29, 1.82) is 0 Å². The third-order valence-electron chi connectivity index (χ3n) is 6.05. The van der Waals surface area contributed by atoms with Crippen molar-refractivity contribution in [2.24, 2.45) is 5.92 Å². The molecule has 1 amide bonds. The van der Waals surface area contributed by atoms with Crippen LogP contribution < -0.4 is 10.1 Å². The van der Waals surface area contributed by atoms with E-state index in [0.717, 1.165) is 53.9 Å². The fourth-order valence-corrected chi connectivity index (χ4v) is 4.29. The molecule has 0 unspecified atom stereocenters. The van der Waals surface area contributed by atoms with Gasteiger partial charge >= 0.3 is 0 Å². The lowest BCUT2D eigenvalue weighted by atomic mass is 9.89. The van der Waals surface area contributed by atoms with Gasteiger partial charge in [0.1, 0.15) is 18.2 Å². The summed E-state index contributed by atoms with van der Waals surface area (Å²) in [5.41, 5.74) is 4.35. The number of amides is 1. The van der Waals surface area contributed by atoms with E-state index < -0.39 is 0 Å². The normalized spacial score (nSPS) is 14.7. The number of aromatic nitrogens is 2. The third-order valence-corrected chi connectivity index (χ3v) is 6.05. The molecule has 5 heteroatoms. The Bertz CT molecular complexity index is 1020. The minimum atomic E-state index is 0.157. The molecule has 3 aromatic rings. The van der Waals surface area contributed by atoms with E-state index in [-0.39, 0.29) is 11.8 Å². The molecule has 1 saturated carbocycles. The van der Waals surface area contributed by atoms with Crippen LogP contribution in [0.2, 0.25) is 0 Å². The molecular formula is C25H31N3O2. The average Bonchev–Trinajstić information content (AvgIpc) is 3.12. The van der Waals surface area contributed by atoms with Crippen LogP contribution in [0.3, 0.4) is 0 Å². The largest absolute Gasteiger partial charge is 0.491 e. The number of hydrogen-bond donors (Lipinski definition) is 1. The van der Waals surface area contributed by atoms with Crippen LogP contribution in [0.1, 0.15) is 49.1 Å². The number of benzene rings is 2. The van der Waals surface area contributed by atoms with Crippen LogP contribution >= 0.6 is 0 Å². The van der Waals surface area contributed by atoms with E-state index >= 15 is 0 Å². The number of carbonyl (C=O) groups is 1. The van der Waals surface area contributed by atoms with Gasteiger partial charge in [-0.25, -0.2) is 4.98 Å². The van der Waals surface area contributed by atoms with Gasteiger partial charge in [-0.1, -0.05) is 43.5 Å². The molecular weight excluding hydrogens is 374 g/mol. The van der Waals surface area contributed by atoms with E-state index in [9.17, 15) is 4.79 Å². The molecule has 1 N–H and O–H groups in total. The lowest BCUT2D eigenvalue weighted by Gasteiger charge is -2.20. The van der Waals surface area contributed by atoms with Crippen molar-refractivity contribution in [1.82, 2.24) is 14.9 Å². The first-order valence-corrected chi connectivity index (χ1v) is 11.0. The predicted molar refractivity (Wildman–Crippen MR) is 120 cm³/mol. The zero-order valence-electron chi connectivity index (χ0n) is 18.0. The molecule has 0 aliphatic heterocycles. The summed E-state index contributed by atoms with van der Waals surface area (Å²) in [6.07, 6.45) is 5.58. The van der Waals surface area contributed by atoms with E-state index in [0.29, 0.717) is 19.7 Å². The van der Waals surface area contributed by atoms with Crippen LogP contribution in [-0.2, 0) is 17.9 Å². The Balaban J connectivity index is 1.46. The minimum absolute atomic E-state index is 0.157. The Morgan fingerprint density at radius 2 is 1.93 bits per heavy atom. The molecule has 0 radical (unpaired) electrons. The molecule has 30 heavy (non-hydrogen) atoms. The molecule has 1 aliphatic rings. The average molecular weight is 406 g/mol. The van der Waals surface area contributed by atoms with Gasteiger partial charge in [0.15, 0.2) is 0 Å². The maximum Gasteiger partial charge on any atom is 0.223 e. The van der Waals surface area contributed by atoms with E-state index in [4.69, 9.17) is 9.72 Å². The highest BCUT2D eigenvalue weighted by molar-refractivity contribution is 5.79. The van der Waals surface area contributed by atoms with E-state index in [2.05, 4.69) is 48.0 Å². The lowest BCUT2D eigenvalue weighted by molar-refractivity contribution is -0.126. The highest BCUT2D eigenvalue weighted by atomic mass is 16.5. The van der Waals surface area contributed by atoms with Gasteiger partial charge in [0.05, 0.1) is 24.1 Å². The summed E-state index contributed by atoms with van der Waals surface area (Å²) in [6, 6.07) is 14.4. The Labute approximate surface area is 178 Å². The molecule has 0 bridgehead atoms. The van der Waals surface area contributed by atoms with Crippen molar-refractivity contribution >= 4 is 16.9 Å². The van der Waals surface area contributed by atoms with Gasteiger partial charge in [0, 0.05) is 5.92 Å². The molecule has 158 valence electrons. The highest BCUT2D eigenvalue weighted by Crippen LogP contribution is 2.24. The number of fused-ring (bicyclic) bond motifs is 1. The SMILES string of the molecule is Cc1ccc(C)c(OCCn2c(CNC(=O)C3CCCCC3)nc3ccccc32)c1. The fourth-order valence-electron chi connectivity index (χ4n) is 4.29. The number of nitrogens with one attached hydrogen (secondary N) is 1. The minimum Gasteiger partial charge on any atom is -0.491 e. The third kappa shape index (κ3) is 4.66. The van der Waals surface area contributed by atoms with Crippen molar-refractivity contribution in [3.63, 3.8) is 0 Å². The monoisotopic (exact) mass is 405 g/mol. The molecule has 0 atom stereocenters. The summed E-state index contributed by atoms with van der Waals surface area (Å²) in [6.45, 7) is 5.82. The van der Waals surface area contributed by atoms with Crippen LogP contribution in [0.25, 0.3) is 11.0 Å². The molecule has 1 fully saturated rings. The smallest absolute Gasteiger partial charge is 0.223 e. The first-order chi connectivity index (χ1) is 14.6. The molecule has 5 nitrogen and oxygen atoms in total. The van der Waals surface area contributed by atoms with Crippen LogP contribution in [-0.4, -0.2) is 22.1 Å². The number of nitrogens with zero attached hydrogens (tertiary/aromatic N) is 2. The number of hydrogen-bond acceptors (Lipinski definition) is 3. The number of aryl methyl sites for hydroxylation is 2. The number of para-hydroxylation sites is 2. The van der Waals surface area contributed by atoms with Gasteiger partial charge in [-0.05, 0) is 56.0 Å². The summed E-state index contributed by atoms with van der Waals surface area (Å²) in [7, 11) is 0. The second kappa shape index (κ2) is 9.33. The Morgan fingerprint density at radius 1 is 1.13 bits per heavy atom. The van der Waals surface area contributed by atoms with Crippen molar-refractivity contribution in [3.8, 4) is 5.75 Å². The van der Waals surface area contributed by atoms with Crippen molar-refractivity contribution < 1.29 is 9.53 Å². The molecule has 0 spiro atoms. The quantitative estimate of drug-likeness (QED) is 0.606. The first kappa shape index (κ1) is 20.5. The Morgan fingerprint density at radius 3 is 2.77 bits per heavy atom. The van der Waals surface area contributed by atoms with Gasteiger partial charge in [0.2, 0.25) is 5.91 Å². The topological polar surface area (TPSA) is 56.1 Å². The Hall–Kier alpha value is -2.82. The zero-order valence-corrected chi connectivity index (χ0v) is 18.0. The van der Waals surface area contributed by atoms with Crippen molar-refractivity contribution in [3.05, 3.63) is 59.4 Å². The zero-order chi connectivity index (χ0) is 20.9. The summed E-state index contributed by atoms with van der Waals surface area (Å²) >= 11 is 0. The number of imidazole rings is 1. The molecule has 2 aromatic carbocycles. The molecule has 0 saturated heterocycles. The van der Waals surface area contributed by atoms with Gasteiger partial charge in [-0.15, -0.1) is 0 Å². The Kier molecular flexibility index (Phi) is 6.36.